The zero-order valence-corrected chi connectivity index (χ0v) is 14.5. The van der Waals surface area contributed by atoms with Crippen molar-refractivity contribution in [1.82, 2.24) is 0 Å². The Labute approximate surface area is 133 Å². The van der Waals surface area contributed by atoms with Crippen molar-refractivity contribution in [3.05, 3.63) is 0 Å². The Balaban J connectivity index is 0.00000324. The van der Waals surface area contributed by atoms with E-state index in [0.29, 0.717) is 0 Å². The number of hydrogen-bond donors (Lipinski definition) is 1. The zero-order chi connectivity index (χ0) is 14.0. The molecular weight excluding hydrogens is 335 g/mol. The van der Waals surface area contributed by atoms with Crippen LogP contribution in [0.3, 0.4) is 0 Å². The molecule has 0 aromatic carbocycles. The molecule has 1 fully saturated rings. The average molecular weight is 347 g/mol. The molecule has 1 heterocycles. The van der Waals surface area contributed by atoms with Crippen LogP contribution in [0.1, 0.15) is 12.8 Å². The van der Waals surface area contributed by atoms with E-state index in [-0.39, 0.29) is 36.0 Å². The summed E-state index contributed by atoms with van der Waals surface area (Å²) in [6, 6.07) is 0. The summed E-state index contributed by atoms with van der Waals surface area (Å²) in [5.41, 5.74) is 0. The average Bonchev–Trinajstić information content (AvgIpc) is 2.25. The van der Waals surface area contributed by atoms with Gasteiger partial charge in [-0.15, -0.1) is 0 Å². The van der Waals surface area contributed by atoms with E-state index in [1.165, 1.54) is 0 Å². The molecule has 1 saturated heterocycles. The van der Waals surface area contributed by atoms with Crippen molar-refractivity contribution in [2.45, 2.75) is 17.4 Å². The predicted molar refractivity (Wildman–Crippen MR) is 59.2 cm³/mol. The molecule has 0 aromatic rings. The monoisotopic (exact) mass is 347 g/mol. The topological polar surface area (TPSA) is 141 Å². The molecule has 1 N–H and O–H groups in total. The van der Waals surface area contributed by atoms with Crippen molar-refractivity contribution in [2.75, 3.05) is 19.0 Å². The van der Waals surface area contributed by atoms with E-state index in [2.05, 4.69) is 8.37 Å². The van der Waals surface area contributed by atoms with Crippen LogP contribution < -0.4 is 29.6 Å². The third-order valence-corrected chi connectivity index (χ3v) is 7.03. The van der Waals surface area contributed by atoms with Crippen molar-refractivity contribution in [1.29, 1.82) is 0 Å². The van der Waals surface area contributed by atoms with Gasteiger partial charge in [0.2, 0.25) is 4.58 Å². The molecule has 9 nitrogen and oxygen atoms in total. The molecule has 108 valence electrons. The molecule has 19 heavy (non-hydrogen) atoms. The first-order chi connectivity index (χ1) is 8.05. The van der Waals surface area contributed by atoms with E-state index >= 15 is 0 Å². The maximum atomic E-state index is 11.5. The van der Waals surface area contributed by atoms with E-state index in [9.17, 15) is 25.3 Å². The van der Waals surface area contributed by atoms with Gasteiger partial charge in [-0.3, -0.25) is 12.9 Å². The minimum absolute atomic E-state index is 0. The van der Waals surface area contributed by atoms with Crippen molar-refractivity contribution in [3.63, 3.8) is 0 Å². The third kappa shape index (κ3) is 6.35. The second-order valence-corrected chi connectivity index (χ2v) is 8.94. The van der Waals surface area contributed by atoms with Gasteiger partial charge in [0.05, 0.1) is 19.0 Å². The predicted octanol–water partition coefficient (Wildman–Crippen LogP) is -4.31. The Hall–Kier alpha value is 0.730. The van der Waals surface area contributed by atoms with E-state index in [0.717, 1.165) is 0 Å². The summed E-state index contributed by atoms with van der Waals surface area (Å²) in [4.78, 5) is 0. The smallest absolute Gasteiger partial charge is 0.286 e. The minimum Gasteiger partial charge on any atom is -0.286 e. The van der Waals surface area contributed by atoms with Gasteiger partial charge in [-0.1, -0.05) is 0 Å². The van der Waals surface area contributed by atoms with Crippen molar-refractivity contribution in [3.8, 4) is 0 Å². The Morgan fingerprint density at radius 1 is 1.05 bits per heavy atom. The first-order valence-electron chi connectivity index (χ1n) is 4.76. The molecule has 0 bridgehead atoms. The molecule has 0 saturated carbocycles. The fourth-order valence-corrected chi connectivity index (χ4v) is 5.15. The van der Waals surface area contributed by atoms with E-state index in [4.69, 9.17) is 4.55 Å². The Kier molecular flexibility index (Phi) is 7.41. The van der Waals surface area contributed by atoms with Crippen molar-refractivity contribution < 1.29 is 67.7 Å². The van der Waals surface area contributed by atoms with Crippen LogP contribution in [0.25, 0.3) is 0 Å². The van der Waals surface area contributed by atoms with Gasteiger partial charge in [-0.25, -0.2) is 0 Å². The van der Waals surface area contributed by atoms with Crippen LogP contribution in [0.4, 0.5) is 0 Å². The summed E-state index contributed by atoms with van der Waals surface area (Å²) in [6.07, 6.45) is -0.890. The van der Waals surface area contributed by atoms with Crippen molar-refractivity contribution >= 4 is 30.4 Å². The second-order valence-electron chi connectivity index (χ2n) is 3.49. The van der Waals surface area contributed by atoms with Gasteiger partial charge in [0.1, 0.15) is 0 Å². The Bertz CT molecular complexity index is 554. The molecule has 1 aliphatic heterocycles. The van der Waals surface area contributed by atoms with Crippen LogP contribution in [-0.4, -0.2) is 53.4 Å². The molecule has 0 amide bonds. The maximum absolute atomic E-state index is 11.5. The number of rotatable bonds is 4. The van der Waals surface area contributed by atoms with Gasteiger partial charge >= 0.3 is 29.6 Å². The van der Waals surface area contributed by atoms with Gasteiger partial charge < -0.3 is 0 Å². The van der Waals surface area contributed by atoms with E-state index < -0.39 is 60.3 Å². The Morgan fingerprint density at radius 3 is 1.84 bits per heavy atom. The van der Waals surface area contributed by atoms with Crippen LogP contribution in [0.2, 0.25) is 0 Å². The molecule has 0 atom stereocenters. The van der Waals surface area contributed by atoms with Gasteiger partial charge in [0.25, 0.3) is 30.4 Å². The van der Waals surface area contributed by atoms with Gasteiger partial charge in [0, 0.05) is 0 Å². The summed E-state index contributed by atoms with van der Waals surface area (Å²) in [6.45, 7) is -0.841. The first kappa shape index (κ1) is 19.7. The molecular formula is C6H12NaO9S3+. The molecule has 13 heteroatoms. The van der Waals surface area contributed by atoms with Gasteiger partial charge in [0.15, 0.2) is 0 Å². The molecule has 0 spiro atoms. The zero-order valence-electron chi connectivity index (χ0n) is 10.1. The van der Waals surface area contributed by atoms with E-state index in [1.807, 2.05) is 0 Å². The SMILES string of the molecule is O=S(=O)(O)CCCC1S(=O)(=O)OCCOS1(=O)=O.[Na+]. The fraction of sp³-hybridized carbons (Fsp3) is 1.00. The normalized spacial score (nSPS) is 23.2. The van der Waals surface area contributed by atoms with Crippen LogP contribution in [0, 0.1) is 0 Å². The minimum atomic E-state index is -4.37. The largest absolute Gasteiger partial charge is 1.00 e. The van der Waals surface area contributed by atoms with Crippen molar-refractivity contribution in [2.24, 2.45) is 0 Å². The molecule has 0 radical (unpaired) electrons. The summed E-state index contributed by atoms with van der Waals surface area (Å²) in [7, 11) is -13.0. The maximum Gasteiger partial charge on any atom is 1.00 e. The summed E-state index contributed by atoms with van der Waals surface area (Å²) < 4.78 is 82.1. The number of hydrogen-bond acceptors (Lipinski definition) is 8. The molecule has 0 aromatic heterocycles. The molecule has 0 unspecified atom stereocenters. The van der Waals surface area contributed by atoms with Crippen LogP contribution in [0.5, 0.6) is 0 Å². The molecule has 1 aliphatic rings. The third-order valence-electron chi connectivity index (χ3n) is 2.06. The molecule has 0 aliphatic carbocycles. The fourth-order valence-electron chi connectivity index (χ4n) is 1.32. The second kappa shape index (κ2) is 7.13. The van der Waals surface area contributed by atoms with E-state index in [1.54, 1.807) is 0 Å². The quantitative estimate of drug-likeness (QED) is 0.303. The van der Waals surface area contributed by atoms with Gasteiger partial charge in [-0.2, -0.15) is 25.3 Å². The summed E-state index contributed by atoms with van der Waals surface area (Å²) >= 11 is 0. The standard InChI is InChI=1S/C6H12O9S3.Na/c7-16(8,9)5-1-2-6-17(10,11)14-3-4-15-18(6,12)13;/h6H,1-5H2,(H,7,8,9);/q;+1. The Morgan fingerprint density at radius 2 is 1.47 bits per heavy atom. The summed E-state index contributed by atoms with van der Waals surface area (Å²) in [5.74, 6) is -0.742. The van der Waals surface area contributed by atoms with Gasteiger partial charge in [-0.05, 0) is 12.8 Å². The van der Waals surface area contributed by atoms with Crippen LogP contribution >= 0.6 is 0 Å². The first-order valence-corrected chi connectivity index (χ1v) is 9.31. The summed E-state index contributed by atoms with van der Waals surface area (Å²) in [5, 5.41) is 0. The molecule has 1 rings (SSSR count). The van der Waals surface area contributed by atoms with Crippen LogP contribution in [-0.2, 0) is 38.7 Å². The van der Waals surface area contributed by atoms with Crippen LogP contribution in [0.15, 0.2) is 0 Å².